The maximum absolute atomic E-state index is 12.3. The van der Waals surface area contributed by atoms with E-state index in [4.69, 9.17) is 24.2 Å². The minimum absolute atomic E-state index is 0.0745. The molecule has 3 rings (SSSR count). The molecule has 0 aromatic heterocycles. The van der Waals surface area contributed by atoms with Crippen LogP contribution in [0.5, 0.6) is 17.2 Å². The van der Waals surface area contributed by atoms with Crippen molar-refractivity contribution in [1.82, 2.24) is 0 Å². The number of carbonyl (C=O) groups excluding carboxylic acids is 1. The highest BCUT2D eigenvalue weighted by Gasteiger charge is 2.21. The monoisotopic (exact) mass is 325 g/mol. The summed E-state index contributed by atoms with van der Waals surface area (Å²) in [5, 5.41) is 8.89. The van der Waals surface area contributed by atoms with Gasteiger partial charge in [0.15, 0.2) is 11.5 Å². The van der Waals surface area contributed by atoms with Crippen molar-refractivity contribution in [2.75, 3.05) is 20.3 Å². The average molecular weight is 325 g/mol. The Morgan fingerprint density at radius 3 is 2.88 bits per heavy atom. The highest BCUT2D eigenvalue weighted by atomic mass is 16.6. The fraction of sp³-hybridized carbons (Fsp3) is 0.222. The summed E-state index contributed by atoms with van der Waals surface area (Å²) in [7, 11) is 1.50. The van der Waals surface area contributed by atoms with Gasteiger partial charge in [0.05, 0.1) is 24.3 Å². The minimum Gasteiger partial charge on any atom is -0.493 e. The van der Waals surface area contributed by atoms with Crippen molar-refractivity contribution in [1.29, 1.82) is 5.26 Å². The normalized spacial score (nSPS) is 12.2. The fourth-order valence-electron chi connectivity index (χ4n) is 2.35. The molecule has 0 fully saturated rings. The summed E-state index contributed by atoms with van der Waals surface area (Å²) in [5.41, 5.74) is 1.57. The van der Waals surface area contributed by atoms with Crippen molar-refractivity contribution in [2.24, 2.45) is 0 Å². The number of benzene rings is 2. The van der Waals surface area contributed by atoms with Gasteiger partial charge in [-0.05, 0) is 29.8 Å². The second-order valence-electron chi connectivity index (χ2n) is 5.09. The number of esters is 1. The number of fused-ring (bicyclic) bond motifs is 1. The molecule has 0 unspecified atom stereocenters. The second-order valence-corrected chi connectivity index (χ2v) is 5.09. The third-order valence-corrected chi connectivity index (χ3v) is 3.49. The Hall–Kier alpha value is -3.20. The zero-order valence-corrected chi connectivity index (χ0v) is 13.1. The Bertz CT molecular complexity index is 792. The molecule has 122 valence electrons. The fourth-order valence-corrected chi connectivity index (χ4v) is 2.35. The highest BCUT2D eigenvalue weighted by Crippen LogP contribution is 2.40. The van der Waals surface area contributed by atoms with Crippen molar-refractivity contribution >= 4 is 5.97 Å². The molecule has 0 bridgehead atoms. The van der Waals surface area contributed by atoms with E-state index in [1.165, 1.54) is 7.11 Å². The summed E-state index contributed by atoms with van der Waals surface area (Å²) < 4.78 is 21.6. The highest BCUT2D eigenvalue weighted by molar-refractivity contribution is 5.91. The van der Waals surface area contributed by atoms with Gasteiger partial charge in [0.1, 0.15) is 19.8 Å². The number of rotatable bonds is 4. The first-order chi connectivity index (χ1) is 11.7. The van der Waals surface area contributed by atoms with Crippen LogP contribution in [-0.2, 0) is 11.3 Å². The topological polar surface area (TPSA) is 77.8 Å². The molecule has 0 amide bonds. The van der Waals surface area contributed by atoms with Gasteiger partial charge in [-0.3, -0.25) is 0 Å². The van der Waals surface area contributed by atoms with Crippen LogP contribution in [0, 0.1) is 11.3 Å². The summed E-state index contributed by atoms with van der Waals surface area (Å²) in [6.45, 7) is 0.920. The standard InChI is InChI=1S/C18H15NO5/c1-21-15-8-14(9-16-17(15)23-6-5-22-16)18(20)24-11-13-4-2-3-12(7-13)10-19/h2-4,7-9H,5-6,11H2,1H3. The molecule has 1 aliphatic rings. The zero-order chi connectivity index (χ0) is 16.9. The van der Waals surface area contributed by atoms with Gasteiger partial charge in [0, 0.05) is 0 Å². The first-order valence-electron chi connectivity index (χ1n) is 7.35. The Balaban J connectivity index is 1.76. The lowest BCUT2D eigenvalue weighted by Gasteiger charge is -2.21. The number of ether oxygens (including phenoxy) is 4. The number of hydrogen-bond donors (Lipinski definition) is 0. The molecule has 0 saturated heterocycles. The molecule has 2 aromatic rings. The molecule has 0 radical (unpaired) electrons. The molecule has 6 heteroatoms. The lowest BCUT2D eigenvalue weighted by atomic mass is 10.1. The van der Waals surface area contributed by atoms with Gasteiger partial charge in [0.25, 0.3) is 0 Å². The number of nitrogens with zero attached hydrogens (tertiary/aromatic N) is 1. The molecule has 0 saturated carbocycles. The van der Waals surface area contributed by atoms with E-state index >= 15 is 0 Å². The summed E-state index contributed by atoms with van der Waals surface area (Å²) in [4.78, 5) is 12.3. The van der Waals surface area contributed by atoms with Crippen LogP contribution in [0.15, 0.2) is 36.4 Å². The first-order valence-corrected chi connectivity index (χ1v) is 7.35. The van der Waals surface area contributed by atoms with E-state index < -0.39 is 5.97 Å². The van der Waals surface area contributed by atoms with Crippen molar-refractivity contribution in [2.45, 2.75) is 6.61 Å². The Kier molecular flexibility index (Phi) is 4.52. The van der Waals surface area contributed by atoms with Gasteiger partial charge >= 0.3 is 5.97 Å². The largest absolute Gasteiger partial charge is 0.493 e. The van der Waals surface area contributed by atoms with Crippen LogP contribution in [-0.4, -0.2) is 26.3 Å². The number of methoxy groups -OCH3 is 1. The SMILES string of the molecule is COc1cc(C(=O)OCc2cccc(C#N)c2)cc2c1OCCO2. The summed E-state index contributed by atoms with van der Waals surface area (Å²) in [6.07, 6.45) is 0. The lowest BCUT2D eigenvalue weighted by molar-refractivity contribution is 0.0471. The van der Waals surface area contributed by atoms with E-state index in [1.807, 2.05) is 6.07 Å². The molecular formula is C18H15NO5. The molecule has 0 N–H and O–H groups in total. The molecule has 1 aliphatic heterocycles. The average Bonchev–Trinajstić information content (AvgIpc) is 2.65. The third kappa shape index (κ3) is 3.25. The van der Waals surface area contributed by atoms with Crippen LogP contribution in [0.25, 0.3) is 0 Å². The van der Waals surface area contributed by atoms with Crippen LogP contribution in [0.3, 0.4) is 0 Å². The molecule has 2 aromatic carbocycles. The number of carbonyl (C=O) groups is 1. The van der Waals surface area contributed by atoms with Gasteiger partial charge in [-0.15, -0.1) is 0 Å². The van der Waals surface area contributed by atoms with Gasteiger partial charge in [-0.1, -0.05) is 12.1 Å². The summed E-state index contributed by atoms with van der Waals surface area (Å²) in [5.74, 6) is 0.860. The molecule has 24 heavy (non-hydrogen) atoms. The van der Waals surface area contributed by atoms with E-state index in [2.05, 4.69) is 0 Å². The molecule has 0 atom stereocenters. The van der Waals surface area contributed by atoms with E-state index in [-0.39, 0.29) is 6.61 Å². The van der Waals surface area contributed by atoms with Gasteiger partial charge in [0.2, 0.25) is 5.75 Å². The predicted molar refractivity (Wildman–Crippen MR) is 84.3 cm³/mol. The van der Waals surface area contributed by atoms with Crippen LogP contribution >= 0.6 is 0 Å². The third-order valence-electron chi connectivity index (χ3n) is 3.49. The quantitative estimate of drug-likeness (QED) is 0.804. The number of nitriles is 1. The van der Waals surface area contributed by atoms with E-state index in [0.29, 0.717) is 41.6 Å². The van der Waals surface area contributed by atoms with Crippen molar-refractivity contribution in [3.8, 4) is 23.3 Å². The molecular weight excluding hydrogens is 310 g/mol. The van der Waals surface area contributed by atoms with Crippen LogP contribution in [0.1, 0.15) is 21.5 Å². The van der Waals surface area contributed by atoms with Crippen molar-refractivity contribution in [3.63, 3.8) is 0 Å². The van der Waals surface area contributed by atoms with E-state index in [9.17, 15) is 4.79 Å². The van der Waals surface area contributed by atoms with Crippen LogP contribution in [0.4, 0.5) is 0 Å². The Labute approximate surface area is 139 Å². The van der Waals surface area contributed by atoms with E-state index in [1.54, 1.807) is 36.4 Å². The lowest BCUT2D eigenvalue weighted by Crippen LogP contribution is -2.17. The maximum Gasteiger partial charge on any atom is 0.338 e. The number of hydrogen-bond acceptors (Lipinski definition) is 6. The molecule has 0 spiro atoms. The van der Waals surface area contributed by atoms with Crippen LogP contribution in [0.2, 0.25) is 0 Å². The Morgan fingerprint density at radius 2 is 2.08 bits per heavy atom. The summed E-state index contributed by atoms with van der Waals surface area (Å²) in [6, 6.07) is 12.1. The molecule has 0 aliphatic carbocycles. The van der Waals surface area contributed by atoms with Crippen molar-refractivity contribution in [3.05, 3.63) is 53.1 Å². The first kappa shape index (κ1) is 15.7. The maximum atomic E-state index is 12.3. The molecule has 1 heterocycles. The van der Waals surface area contributed by atoms with Gasteiger partial charge < -0.3 is 18.9 Å². The van der Waals surface area contributed by atoms with E-state index in [0.717, 1.165) is 5.56 Å². The summed E-state index contributed by atoms with van der Waals surface area (Å²) >= 11 is 0. The molecule has 6 nitrogen and oxygen atoms in total. The van der Waals surface area contributed by atoms with Crippen LogP contribution < -0.4 is 14.2 Å². The zero-order valence-electron chi connectivity index (χ0n) is 13.1. The van der Waals surface area contributed by atoms with Gasteiger partial charge in [-0.25, -0.2) is 4.79 Å². The van der Waals surface area contributed by atoms with Gasteiger partial charge in [-0.2, -0.15) is 5.26 Å². The second kappa shape index (κ2) is 6.92. The predicted octanol–water partition coefficient (Wildman–Crippen LogP) is 2.70. The minimum atomic E-state index is -0.507. The Morgan fingerprint density at radius 1 is 1.25 bits per heavy atom. The van der Waals surface area contributed by atoms with Crippen molar-refractivity contribution < 1.29 is 23.7 Å². The smallest absolute Gasteiger partial charge is 0.338 e.